The minimum atomic E-state index is 0.198. The van der Waals surface area contributed by atoms with E-state index >= 15 is 0 Å². The fourth-order valence-electron chi connectivity index (χ4n) is 1.92. The van der Waals surface area contributed by atoms with Gasteiger partial charge in [0.15, 0.2) is 0 Å². The molecule has 1 heterocycles. The predicted molar refractivity (Wildman–Crippen MR) is 63.8 cm³/mol. The molecule has 2 nitrogen and oxygen atoms in total. The maximum atomic E-state index is 5.84. The highest BCUT2D eigenvalue weighted by molar-refractivity contribution is 5.87. The van der Waals surface area contributed by atoms with E-state index in [2.05, 4.69) is 30.1 Å². The van der Waals surface area contributed by atoms with E-state index in [1.54, 1.807) is 0 Å². The molecule has 2 rings (SSSR count). The highest BCUT2D eigenvalue weighted by atomic mass is 14.6. The molecule has 78 valence electrons. The highest BCUT2D eigenvalue weighted by Gasteiger charge is 2.05. The van der Waals surface area contributed by atoms with E-state index in [0.29, 0.717) is 0 Å². The molecule has 2 N–H and O–H groups in total. The summed E-state index contributed by atoms with van der Waals surface area (Å²) < 4.78 is 0. The second-order valence-corrected chi connectivity index (χ2v) is 4.14. The lowest BCUT2D eigenvalue weighted by atomic mass is 9.98. The number of aromatic nitrogens is 1. The molecule has 2 aromatic rings. The minimum absolute atomic E-state index is 0.198. The normalized spacial score (nSPS) is 13.0. The third kappa shape index (κ3) is 2.00. The van der Waals surface area contributed by atoms with Crippen molar-refractivity contribution in [2.75, 3.05) is 0 Å². The van der Waals surface area contributed by atoms with Crippen LogP contribution >= 0.6 is 0 Å². The molecule has 0 radical (unpaired) electrons. The molecule has 1 unspecified atom stereocenters. The van der Waals surface area contributed by atoms with Crippen LogP contribution < -0.4 is 5.73 Å². The first-order chi connectivity index (χ1) is 7.18. The Morgan fingerprint density at radius 3 is 2.80 bits per heavy atom. The first kappa shape index (κ1) is 10.1. The van der Waals surface area contributed by atoms with Crippen molar-refractivity contribution >= 4 is 10.8 Å². The Bertz CT molecular complexity index is 475. The number of pyridine rings is 1. The molecule has 1 aromatic heterocycles. The molecular weight excluding hydrogens is 184 g/mol. The van der Waals surface area contributed by atoms with Crippen LogP contribution in [0.3, 0.4) is 0 Å². The number of hydrogen-bond acceptors (Lipinski definition) is 2. The summed E-state index contributed by atoms with van der Waals surface area (Å²) in [6.45, 7) is 4.15. The number of nitrogens with two attached hydrogens (primary N) is 1. The number of nitrogens with zero attached hydrogens (tertiary/aromatic N) is 1. The molecular formula is C13H16N2. The Morgan fingerprint density at radius 1 is 1.27 bits per heavy atom. The van der Waals surface area contributed by atoms with Gasteiger partial charge in [0.05, 0.1) is 0 Å². The fraction of sp³-hybridized carbons (Fsp3) is 0.308. The highest BCUT2D eigenvalue weighted by Crippen LogP contribution is 2.22. The van der Waals surface area contributed by atoms with E-state index in [9.17, 15) is 0 Å². The Hall–Kier alpha value is -1.41. The SMILES string of the molecule is Cc1ccc(CC(C)N)c2ccncc12. The molecule has 0 fully saturated rings. The zero-order valence-corrected chi connectivity index (χ0v) is 9.20. The van der Waals surface area contributed by atoms with Crippen LogP contribution in [0.5, 0.6) is 0 Å². The second kappa shape index (κ2) is 3.99. The fourth-order valence-corrected chi connectivity index (χ4v) is 1.92. The minimum Gasteiger partial charge on any atom is -0.328 e. The van der Waals surface area contributed by atoms with Gasteiger partial charge in [-0.15, -0.1) is 0 Å². The number of hydrogen-bond donors (Lipinski definition) is 1. The van der Waals surface area contributed by atoms with Crippen molar-refractivity contribution in [3.8, 4) is 0 Å². The number of aryl methyl sites for hydroxylation is 1. The predicted octanol–water partition coefficient (Wildman–Crippen LogP) is 2.43. The van der Waals surface area contributed by atoms with Gasteiger partial charge < -0.3 is 5.73 Å². The number of fused-ring (bicyclic) bond motifs is 1. The van der Waals surface area contributed by atoms with Crippen molar-refractivity contribution in [3.63, 3.8) is 0 Å². The number of rotatable bonds is 2. The van der Waals surface area contributed by atoms with E-state index < -0.39 is 0 Å². The zero-order valence-electron chi connectivity index (χ0n) is 9.20. The Labute approximate surface area is 90.1 Å². The van der Waals surface area contributed by atoms with Gasteiger partial charge in [-0.1, -0.05) is 12.1 Å². The monoisotopic (exact) mass is 200 g/mol. The van der Waals surface area contributed by atoms with Crippen molar-refractivity contribution in [3.05, 3.63) is 41.7 Å². The lowest BCUT2D eigenvalue weighted by Gasteiger charge is -2.10. The van der Waals surface area contributed by atoms with E-state index in [1.807, 2.05) is 19.3 Å². The summed E-state index contributed by atoms with van der Waals surface area (Å²) in [4.78, 5) is 4.16. The van der Waals surface area contributed by atoms with Crippen LogP contribution in [-0.4, -0.2) is 11.0 Å². The van der Waals surface area contributed by atoms with E-state index in [0.717, 1.165) is 6.42 Å². The van der Waals surface area contributed by atoms with Crippen LogP contribution in [0, 0.1) is 6.92 Å². The van der Waals surface area contributed by atoms with E-state index in [4.69, 9.17) is 5.73 Å². The molecule has 2 heteroatoms. The quantitative estimate of drug-likeness (QED) is 0.808. The standard InChI is InChI=1S/C13H16N2/c1-9-3-4-11(7-10(2)14)12-5-6-15-8-13(9)12/h3-6,8,10H,7,14H2,1-2H3. The topological polar surface area (TPSA) is 38.9 Å². The van der Waals surface area contributed by atoms with Crippen LogP contribution in [0.15, 0.2) is 30.6 Å². The van der Waals surface area contributed by atoms with Crippen LogP contribution in [0.4, 0.5) is 0 Å². The van der Waals surface area contributed by atoms with Gasteiger partial charge in [0, 0.05) is 23.8 Å². The molecule has 15 heavy (non-hydrogen) atoms. The number of benzene rings is 1. The van der Waals surface area contributed by atoms with Gasteiger partial charge in [-0.3, -0.25) is 4.98 Å². The van der Waals surface area contributed by atoms with Crippen LogP contribution in [0.1, 0.15) is 18.1 Å². The lowest BCUT2D eigenvalue weighted by molar-refractivity contribution is 0.741. The summed E-state index contributed by atoms with van der Waals surface area (Å²) in [5, 5.41) is 2.51. The molecule has 0 amide bonds. The van der Waals surface area contributed by atoms with Crippen molar-refractivity contribution in [1.82, 2.24) is 4.98 Å². The average molecular weight is 200 g/mol. The van der Waals surface area contributed by atoms with Gasteiger partial charge in [-0.25, -0.2) is 0 Å². The Morgan fingerprint density at radius 2 is 2.07 bits per heavy atom. The molecule has 0 bridgehead atoms. The lowest BCUT2D eigenvalue weighted by Crippen LogP contribution is -2.17. The average Bonchev–Trinajstić information content (AvgIpc) is 2.22. The summed E-state index contributed by atoms with van der Waals surface area (Å²) in [5.74, 6) is 0. The third-order valence-corrected chi connectivity index (χ3v) is 2.67. The molecule has 0 aliphatic rings. The summed E-state index contributed by atoms with van der Waals surface area (Å²) in [6.07, 6.45) is 4.68. The molecule has 1 aromatic carbocycles. The molecule has 0 saturated carbocycles. The van der Waals surface area contributed by atoms with Gasteiger partial charge >= 0.3 is 0 Å². The summed E-state index contributed by atoms with van der Waals surface area (Å²) in [5.41, 5.74) is 8.42. The van der Waals surface area contributed by atoms with Crippen LogP contribution in [0.2, 0.25) is 0 Å². The largest absolute Gasteiger partial charge is 0.328 e. The van der Waals surface area contributed by atoms with Crippen molar-refractivity contribution in [1.29, 1.82) is 0 Å². The molecule has 0 spiro atoms. The van der Waals surface area contributed by atoms with Crippen molar-refractivity contribution in [2.45, 2.75) is 26.3 Å². The molecule has 0 aliphatic heterocycles. The Balaban J connectivity index is 2.61. The van der Waals surface area contributed by atoms with Crippen molar-refractivity contribution in [2.24, 2.45) is 5.73 Å². The maximum Gasteiger partial charge on any atom is 0.0349 e. The second-order valence-electron chi connectivity index (χ2n) is 4.14. The summed E-state index contributed by atoms with van der Waals surface area (Å²) >= 11 is 0. The van der Waals surface area contributed by atoms with Gasteiger partial charge in [0.2, 0.25) is 0 Å². The van der Waals surface area contributed by atoms with E-state index in [-0.39, 0.29) is 6.04 Å². The van der Waals surface area contributed by atoms with E-state index in [1.165, 1.54) is 21.9 Å². The first-order valence-electron chi connectivity index (χ1n) is 5.26. The van der Waals surface area contributed by atoms with Gasteiger partial charge in [0.1, 0.15) is 0 Å². The summed E-state index contributed by atoms with van der Waals surface area (Å²) in [7, 11) is 0. The third-order valence-electron chi connectivity index (χ3n) is 2.67. The Kier molecular flexibility index (Phi) is 2.69. The maximum absolute atomic E-state index is 5.84. The molecule has 1 atom stereocenters. The first-order valence-corrected chi connectivity index (χ1v) is 5.26. The van der Waals surface area contributed by atoms with Gasteiger partial charge in [0.25, 0.3) is 0 Å². The smallest absolute Gasteiger partial charge is 0.0349 e. The zero-order chi connectivity index (χ0) is 10.8. The van der Waals surface area contributed by atoms with Gasteiger partial charge in [-0.2, -0.15) is 0 Å². The van der Waals surface area contributed by atoms with Crippen molar-refractivity contribution < 1.29 is 0 Å². The summed E-state index contributed by atoms with van der Waals surface area (Å²) in [6, 6.07) is 6.58. The molecule has 0 aliphatic carbocycles. The van der Waals surface area contributed by atoms with Gasteiger partial charge in [-0.05, 0) is 42.8 Å². The molecule has 0 saturated heterocycles. The van der Waals surface area contributed by atoms with Crippen LogP contribution in [-0.2, 0) is 6.42 Å². The van der Waals surface area contributed by atoms with Crippen LogP contribution in [0.25, 0.3) is 10.8 Å².